The smallest absolute Gasteiger partial charge is 0.191 e. The van der Waals surface area contributed by atoms with Gasteiger partial charge in [0, 0.05) is 19.6 Å². The van der Waals surface area contributed by atoms with Crippen molar-refractivity contribution in [2.75, 3.05) is 33.2 Å². The van der Waals surface area contributed by atoms with Crippen molar-refractivity contribution < 1.29 is 0 Å². The molecule has 1 fully saturated rings. The second-order valence-corrected chi connectivity index (χ2v) is 6.42. The fourth-order valence-corrected chi connectivity index (χ4v) is 2.55. The van der Waals surface area contributed by atoms with Gasteiger partial charge in [0.25, 0.3) is 0 Å². The van der Waals surface area contributed by atoms with E-state index in [0.717, 1.165) is 18.4 Å². The Balaban J connectivity index is 2.25. The number of piperidine rings is 1. The lowest BCUT2D eigenvalue weighted by molar-refractivity contribution is 0.185. The number of likely N-dealkylation sites (tertiary alicyclic amines) is 1. The van der Waals surface area contributed by atoms with Crippen LogP contribution in [0.25, 0.3) is 0 Å². The molecule has 0 bridgehead atoms. The van der Waals surface area contributed by atoms with E-state index in [1.165, 1.54) is 38.9 Å². The highest BCUT2D eigenvalue weighted by molar-refractivity contribution is 5.79. The molecular formula is C16H34N4. The van der Waals surface area contributed by atoms with Crippen molar-refractivity contribution in [3.8, 4) is 0 Å². The highest BCUT2D eigenvalue weighted by atomic mass is 15.2. The van der Waals surface area contributed by atoms with Crippen molar-refractivity contribution in [2.45, 2.75) is 53.0 Å². The van der Waals surface area contributed by atoms with Gasteiger partial charge in [-0.25, -0.2) is 0 Å². The molecule has 1 saturated heterocycles. The minimum atomic E-state index is 0.451. The van der Waals surface area contributed by atoms with E-state index in [0.29, 0.717) is 12.0 Å². The number of guanidine groups is 1. The molecule has 1 rings (SSSR count). The molecule has 0 spiro atoms. The van der Waals surface area contributed by atoms with Crippen LogP contribution in [0.2, 0.25) is 0 Å². The Kier molecular flexibility index (Phi) is 7.97. The standard InChI is InChI=1S/C16H34N4/c1-6-9-20-10-7-15(8-11-20)12-18-16(17-5)19-14(4)13(2)3/h13-15H,6-12H2,1-5H3,(H2,17,18,19). The van der Waals surface area contributed by atoms with Crippen LogP contribution in [0.15, 0.2) is 4.99 Å². The van der Waals surface area contributed by atoms with E-state index in [-0.39, 0.29) is 0 Å². The molecule has 0 amide bonds. The van der Waals surface area contributed by atoms with Crippen molar-refractivity contribution >= 4 is 5.96 Å². The van der Waals surface area contributed by atoms with Crippen molar-refractivity contribution in [1.29, 1.82) is 0 Å². The van der Waals surface area contributed by atoms with Crippen LogP contribution in [0, 0.1) is 11.8 Å². The van der Waals surface area contributed by atoms with E-state index >= 15 is 0 Å². The number of aliphatic imine (C=N–C) groups is 1. The minimum absolute atomic E-state index is 0.451. The molecule has 2 N–H and O–H groups in total. The number of rotatable bonds is 6. The lowest BCUT2D eigenvalue weighted by Crippen LogP contribution is -2.46. The first-order valence-corrected chi connectivity index (χ1v) is 8.26. The topological polar surface area (TPSA) is 39.7 Å². The second-order valence-electron chi connectivity index (χ2n) is 6.42. The molecule has 1 aliphatic heterocycles. The monoisotopic (exact) mass is 282 g/mol. The Labute approximate surface area is 125 Å². The highest BCUT2D eigenvalue weighted by Gasteiger charge is 2.19. The predicted octanol–water partition coefficient (Wildman–Crippen LogP) is 2.32. The van der Waals surface area contributed by atoms with Crippen LogP contribution in [0.3, 0.4) is 0 Å². The average Bonchev–Trinajstić information content (AvgIpc) is 2.44. The zero-order valence-electron chi connectivity index (χ0n) is 14.1. The van der Waals surface area contributed by atoms with E-state index in [1.54, 1.807) is 0 Å². The zero-order valence-corrected chi connectivity index (χ0v) is 14.1. The maximum absolute atomic E-state index is 4.32. The molecule has 1 unspecified atom stereocenters. The van der Waals surface area contributed by atoms with E-state index in [9.17, 15) is 0 Å². The summed E-state index contributed by atoms with van der Waals surface area (Å²) in [5, 5.41) is 6.96. The van der Waals surface area contributed by atoms with Crippen LogP contribution < -0.4 is 10.6 Å². The van der Waals surface area contributed by atoms with Crippen LogP contribution in [-0.2, 0) is 0 Å². The zero-order chi connectivity index (χ0) is 15.0. The van der Waals surface area contributed by atoms with E-state index in [1.807, 2.05) is 7.05 Å². The van der Waals surface area contributed by atoms with Crippen molar-refractivity contribution in [1.82, 2.24) is 15.5 Å². The molecule has 0 saturated carbocycles. The third kappa shape index (κ3) is 6.12. The fraction of sp³-hybridized carbons (Fsp3) is 0.938. The molecule has 0 aromatic rings. The SMILES string of the molecule is CCCN1CCC(CNC(=NC)NC(C)C(C)C)CC1. The lowest BCUT2D eigenvalue weighted by Gasteiger charge is -2.32. The first kappa shape index (κ1) is 17.3. The van der Waals surface area contributed by atoms with Crippen molar-refractivity contribution in [2.24, 2.45) is 16.8 Å². The van der Waals surface area contributed by atoms with Gasteiger partial charge in [0.2, 0.25) is 0 Å². The van der Waals surface area contributed by atoms with Gasteiger partial charge in [-0.3, -0.25) is 4.99 Å². The third-order valence-corrected chi connectivity index (χ3v) is 4.39. The van der Waals surface area contributed by atoms with E-state index in [4.69, 9.17) is 0 Å². The van der Waals surface area contributed by atoms with Gasteiger partial charge < -0.3 is 15.5 Å². The highest BCUT2D eigenvalue weighted by Crippen LogP contribution is 2.16. The summed E-state index contributed by atoms with van der Waals surface area (Å²) in [5.41, 5.74) is 0. The van der Waals surface area contributed by atoms with Crippen LogP contribution in [0.4, 0.5) is 0 Å². The largest absolute Gasteiger partial charge is 0.356 e. The Morgan fingerprint density at radius 2 is 1.90 bits per heavy atom. The molecule has 20 heavy (non-hydrogen) atoms. The third-order valence-electron chi connectivity index (χ3n) is 4.39. The number of hydrogen-bond acceptors (Lipinski definition) is 2. The van der Waals surface area contributed by atoms with Gasteiger partial charge in [-0.15, -0.1) is 0 Å². The molecule has 1 heterocycles. The predicted molar refractivity (Wildman–Crippen MR) is 88.3 cm³/mol. The van der Waals surface area contributed by atoms with E-state index < -0.39 is 0 Å². The van der Waals surface area contributed by atoms with Gasteiger partial charge in [0.1, 0.15) is 0 Å². The molecule has 1 atom stereocenters. The van der Waals surface area contributed by atoms with Crippen LogP contribution in [0.1, 0.15) is 47.0 Å². The second kappa shape index (κ2) is 9.22. The summed E-state index contributed by atoms with van der Waals surface area (Å²) in [4.78, 5) is 6.91. The van der Waals surface area contributed by atoms with Gasteiger partial charge in [0.05, 0.1) is 0 Å². The number of nitrogens with zero attached hydrogens (tertiary/aromatic N) is 2. The molecule has 0 aliphatic carbocycles. The Morgan fingerprint density at radius 3 is 2.40 bits per heavy atom. The molecule has 0 aromatic heterocycles. The molecule has 4 heteroatoms. The number of nitrogens with one attached hydrogen (secondary N) is 2. The molecule has 4 nitrogen and oxygen atoms in total. The summed E-state index contributed by atoms with van der Waals surface area (Å²) >= 11 is 0. The van der Waals surface area contributed by atoms with Crippen LogP contribution >= 0.6 is 0 Å². The van der Waals surface area contributed by atoms with Crippen molar-refractivity contribution in [3.05, 3.63) is 0 Å². The summed E-state index contributed by atoms with van der Waals surface area (Å²) in [6.45, 7) is 13.8. The average molecular weight is 282 g/mol. The van der Waals surface area contributed by atoms with Gasteiger partial charge in [0.15, 0.2) is 5.96 Å². The molecule has 0 radical (unpaired) electrons. The quantitative estimate of drug-likeness (QED) is 0.580. The van der Waals surface area contributed by atoms with Gasteiger partial charge in [-0.05, 0) is 57.7 Å². The molecule has 1 aliphatic rings. The van der Waals surface area contributed by atoms with Crippen molar-refractivity contribution in [3.63, 3.8) is 0 Å². The normalized spacial score (nSPS) is 20.2. The van der Waals surface area contributed by atoms with Crippen LogP contribution in [0.5, 0.6) is 0 Å². The Hall–Kier alpha value is -0.770. The first-order valence-electron chi connectivity index (χ1n) is 8.26. The van der Waals surface area contributed by atoms with Gasteiger partial charge in [-0.1, -0.05) is 20.8 Å². The summed E-state index contributed by atoms with van der Waals surface area (Å²) in [6.07, 6.45) is 3.89. The van der Waals surface area contributed by atoms with Gasteiger partial charge >= 0.3 is 0 Å². The maximum Gasteiger partial charge on any atom is 0.191 e. The Morgan fingerprint density at radius 1 is 1.25 bits per heavy atom. The number of hydrogen-bond donors (Lipinski definition) is 2. The first-order chi connectivity index (χ1) is 9.56. The summed E-state index contributed by atoms with van der Waals surface area (Å²) in [5.74, 6) is 2.35. The minimum Gasteiger partial charge on any atom is -0.356 e. The summed E-state index contributed by atoms with van der Waals surface area (Å²) < 4.78 is 0. The fourth-order valence-electron chi connectivity index (χ4n) is 2.55. The maximum atomic E-state index is 4.32. The van der Waals surface area contributed by atoms with Crippen LogP contribution in [-0.4, -0.2) is 50.1 Å². The lowest BCUT2D eigenvalue weighted by atomic mass is 9.97. The Bertz CT molecular complexity index is 280. The summed E-state index contributed by atoms with van der Waals surface area (Å²) in [7, 11) is 1.85. The van der Waals surface area contributed by atoms with E-state index in [2.05, 4.69) is 48.2 Å². The summed E-state index contributed by atoms with van der Waals surface area (Å²) in [6, 6.07) is 0.451. The molecule has 118 valence electrons. The van der Waals surface area contributed by atoms with Gasteiger partial charge in [-0.2, -0.15) is 0 Å². The molecule has 0 aromatic carbocycles. The molecular weight excluding hydrogens is 248 g/mol.